The molecule has 4 heterocycles. The number of nitrogens with one attached hydrogen (secondary N) is 1. The van der Waals surface area contributed by atoms with Gasteiger partial charge < -0.3 is 0 Å². The van der Waals surface area contributed by atoms with Crippen molar-refractivity contribution in [2.24, 2.45) is 0 Å². The number of halogens is 3. The van der Waals surface area contributed by atoms with E-state index in [1.807, 2.05) is 30.3 Å². The number of benzene rings is 2. The van der Waals surface area contributed by atoms with E-state index in [0.29, 0.717) is 33.9 Å². The number of aromatic amines is 1. The third kappa shape index (κ3) is 3.14. The van der Waals surface area contributed by atoms with Crippen LogP contribution in [0.15, 0.2) is 77.9 Å². The number of alkyl halides is 3. The van der Waals surface area contributed by atoms with E-state index >= 15 is 0 Å². The summed E-state index contributed by atoms with van der Waals surface area (Å²) in [6, 6.07) is 16.9. The quantitative estimate of drug-likeness (QED) is 0.416. The fourth-order valence-electron chi connectivity index (χ4n) is 4.19. The third-order valence-corrected chi connectivity index (χ3v) is 5.72. The van der Waals surface area contributed by atoms with Crippen LogP contribution in [0.3, 0.4) is 0 Å². The summed E-state index contributed by atoms with van der Waals surface area (Å²) in [4.78, 5) is 17.6. The van der Waals surface area contributed by atoms with Crippen molar-refractivity contribution < 1.29 is 13.2 Å². The minimum Gasteiger partial charge on any atom is -0.278 e. The second-order valence-corrected chi connectivity index (χ2v) is 7.89. The fourth-order valence-corrected chi connectivity index (χ4v) is 4.19. The van der Waals surface area contributed by atoms with Gasteiger partial charge in [0.15, 0.2) is 5.52 Å². The van der Waals surface area contributed by atoms with Crippen molar-refractivity contribution in [1.82, 2.24) is 29.5 Å². The van der Waals surface area contributed by atoms with Crippen LogP contribution in [0.1, 0.15) is 11.3 Å². The molecule has 0 fully saturated rings. The first kappa shape index (κ1) is 20.2. The molecular formula is C24H15F3N6O. The predicted molar refractivity (Wildman–Crippen MR) is 121 cm³/mol. The van der Waals surface area contributed by atoms with Crippen LogP contribution in [0, 0.1) is 0 Å². The van der Waals surface area contributed by atoms with Gasteiger partial charge in [0, 0.05) is 22.4 Å². The Morgan fingerprint density at radius 1 is 0.912 bits per heavy atom. The summed E-state index contributed by atoms with van der Waals surface area (Å²) in [7, 11) is 0. The largest absolute Gasteiger partial charge is 0.433 e. The summed E-state index contributed by atoms with van der Waals surface area (Å²) in [5, 5.41) is 12.7. The Kier molecular flexibility index (Phi) is 4.31. The van der Waals surface area contributed by atoms with E-state index < -0.39 is 17.4 Å². The van der Waals surface area contributed by atoms with Gasteiger partial charge in [-0.25, -0.2) is 4.98 Å². The predicted octanol–water partition coefficient (Wildman–Crippen LogP) is 4.68. The molecule has 0 aliphatic heterocycles. The van der Waals surface area contributed by atoms with E-state index in [4.69, 9.17) is 0 Å². The highest BCUT2D eigenvalue weighted by atomic mass is 19.4. The number of rotatable bonds is 3. The minimum absolute atomic E-state index is 0.0970. The van der Waals surface area contributed by atoms with Crippen LogP contribution in [0.4, 0.5) is 13.2 Å². The molecule has 34 heavy (non-hydrogen) atoms. The SMILES string of the molecule is O=c1c2nn(Cc3ccccc3)cc2c2ccc(C(F)(F)F)nc2n1-c1cccc2[nH]ncc12. The molecule has 0 saturated heterocycles. The maximum absolute atomic E-state index is 13.7. The Balaban J connectivity index is 1.69. The normalized spacial score (nSPS) is 12.2. The Morgan fingerprint density at radius 3 is 2.53 bits per heavy atom. The van der Waals surface area contributed by atoms with Crippen LogP contribution in [0.2, 0.25) is 0 Å². The second-order valence-electron chi connectivity index (χ2n) is 7.89. The average molecular weight is 460 g/mol. The lowest BCUT2D eigenvalue weighted by Crippen LogP contribution is -2.21. The lowest BCUT2D eigenvalue weighted by atomic mass is 10.1. The highest BCUT2D eigenvalue weighted by molar-refractivity contribution is 6.04. The molecule has 0 saturated carbocycles. The number of pyridine rings is 2. The maximum Gasteiger partial charge on any atom is 0.433 e. The minimum atomic E-state index is -4.66. The van der Waals surface area contributed by atoms with Crippen LogP contribution in [-0.2, 0) is 12.7 Å². The number of nitrogens with zero attached hydrogens (tertiary/aromatic N) is 5. The number of fused-ring (bicyclic) bond motifs is 4. The van der Waals surface area contributed by atoms with Crippen molar-refractivity contribution in [3.8, 4) is 5.69 Å². The smallest absolute Gasteiger partial charge is 0.278 e. The van der Waals surface area contributed by atoms with Gasteiger partial charge in [-0.15, -0.1) is 0 Å². The molecule has 168 valence electrons. The molecule has 1 N–H and O–H groups in total. The Labute approximate surface area is 189 Å². The van der Waals surface area contributed by atoms with Crippen LogP contribution in [-0.4, -0.2) is 29.5 Å². The molecule has 0 spiro atoms. The van der Waals surface area contributed by atoms with Gasteiger partial charge in [0.25, 0.3) is 5.56 Å². The zero-order chi connectivity index (χ0) is 23.4. The summed E-state index contributed by atoms with van der Waals surface area (Å²) in [6.45, 7) is 0.405. The Morgan fingerprint density at radius 2 is 1.74 bits per heavy atom. The number of hydrogen-bond donors (Lipinski definition) is 1. The van der Waals surface area contributed by atoms with Crippen LogP contribution >= 0.6 is 0 Å². The molecular weight excluding hydrogens is 445 g/mol. The van der Waals surface area contributed by atoms with Gasteiger partial charge in [-0.05, 0) is 29.8 Å². The molecule has 0 unspecified atom stereocenters. The lowest BCUT2D eigenvalue weighted by Gasteiger charge is -2.13. The molecule has 4 aromatic heterocycles. The van der Waals surface area contributed by atoms with Gasteiger partial charge in [-0.2, -0.15) is 23.4 Å². The van der Waals surface area contributed by atoms with Gasteiger partial charge >= 0.3 is 6.18 Å². The number of aromatic nitrogens is 6. The molecule has 10 heteroatoms. The standard InChI is InChI=1S/C24H15F3N6O/c25-24(26,27)20-10-9-15-17-13-32(12-14-5-2-1-3-6-14)31-21(17)23(34)33(22(15)29-20)19-8-4-7-18-16(19)11-28-30-18/h1-11,13H,12H2,(H,28,30). The van der Waals surface area contributed by atoms with Crippen LogP contribution < -0.4 is 5.56 Å². The molecule has 6 rings (SSSR count). The molecule has 0 aliphatic rings. The van der Waals surface area contributed by atoms with Crippen molar-refractivity contribution in [2.75, 3.05) is 0 Å². The van der Waals surface area contributed by atoms with Crippen LogP contribution in [0.5, 0.6) is 0 Å². The molecule has 7 nitrogen and oxygen atoms in total. The van der Waals surface area contributed by atoms with Gasteiger partial charge in [0.05, 0.1) is 23.9 Å². The summed E-state index contributed by atoms with van der Waals surface area (Å²) >= 11 is 0. The molecule has 0 aliphatic carbocycles. The molecule has 6 aromatic rings. The van der Waals surface area contributed by atoms with E-state index in [-0.39, 0.29) is 11.2 Å². The molecule has 0 bridgehead atoms. The van der Waals surface area contributed by atoms with E-state index in [0.717, 1.165) is 11.6 Å². The summed E-state index contributed by atoms with van der Waals surface area (Å²) < 4.78 is 43.4. The third-order valence-electron chi connectivity index (χ3n) is 5.72. The number of H-pyrrole nitrogens is 1. The first-order valence-electron chi connectivity index (χ1n) is 10.4. The van der Waals surface area contributed by atoms with E-state index in [2.05, 4.69) is 20.3 Å². The zero-order valence-corrected chi connectivity index (χ0v) is 17.4. The highest BCUT2D eigenvalue weighted by Gasteiger charge is 2.33. The summed E-state index contributed by atoms with van der Waals surface area (Å²) in [5.41, 5.74) is 0.386. The van der Waals surface area contributed by atoms with Gasteiger partial charge in [0.2, 0.25) is 0 Å². The van der Waals surface area contributed by atoms with Crippen molar-refractivity contribution in [1.29, 1.82) is 0 Å². The monoisotopic (exact) mass is 460 g/mol. The zero-order valence-electron chi connectivity index (χ0n) is 17.4. The van der Waals surface area contributed by atoms with Crippen molar-refractivity contribution in [3.63, 3.8) is 0 Å². The Hall–Kier alpha value is -4.47. The molecule has 0 radical (unpaired) electrons. The molecule has 2 aromatic carbocycles. The highest BCUT2D eigenvalue weighted by Crippen LogP contribution is 2.32. The van der Waals surface area contributed by atoms with Gasteiger partial charge in [-0.3, -0.25) is 19.1 Å². The molecule has 0 atom stereocenters. The van der Waals surface area contributed by atoms with Crippen LogP contribution in [0.25, 0.3) is 38.5 Å². The summed E-state index contributed by atoms with van der Waals surface area (Å²) in [6.07, 6.45) is -1.47. The number of hydrogen-bond acceptors (Lipinski definition) is 4. The van der Waals surface area contributed by atoms with Gasteiger partial charge in [-0.1, -0.05) is 36.4 Å². The lowest BCUT2D eigenvalue weighted by molar-refractivity contribution is -0.141. The van der Waals surface area contributed by atoms with Crippen molar-refractivity contribution >= 4 is 32.8 Å². The average Bonchev–Trinajstić information content (AvgIpc) is 3.47. The second kappa shape index (κ2) is 7.27. The van der Waals surface area contributed by atoms with E-state index in [1.54, 1.807) is 29.1 Å². The topological polar surface area (TPSA) is 81.4 Å². The Bertz CT molecular complexity index is 1750. The van der Waals surface area contributed by atoms with Crippen molar-refractivity contribution in [2.45, 2.75) is 12.7 Å². The van der Waals surface area contributed by atoms with E-state index in [1.165, 1.54) is 16.8 Å². The maximum atomic E-state index is 13.7. The summed E-state index contributed by atoms with van der Waals surface area (Å²) in [5.74, 6) is 0. The van der Waals surface area contributed by atoms with Gasteiger partial charge in [0.1, 0.15) is 11.3 Å². The first-order chi connectivity index (χ1) is 16.4. The molecule has 0 amide bonds. The first-order valence-corrected chi connectivity index (χ1v) is 10.4. The fraction of sp³-hybridized carbons (Fsp3) is 0.0833. The van der Waals surface area contributed by atoms with E-state index in [9.17, 15) is 18.0 Å². The van der Waals surface area contributed by atoms with Crippen molar-refractivity contribution in [3.05, 3.63) is 94.7 Å².